The van der Waals surface area contributed by atoms with Gasteiger partial charge in [0.1, 0.15) is 6.04 Å². The van der Waals surface area contributed by atoms with E-state index in [4.69, 9.17) is 16.6 Å². The molecule has 1 aromatic rings. The smallest absolute Gasteiger partial charge is 0.325 e. The van der Waals surface area contributed by atoms with Crippen LogP contribution in [0.1, 0.15) is 19.3 Å². The molecule has 0 aromatic carbocycles. The molecule has 0 aliphatic carbocycles. The molecule has 1 atom stereocenters. The molecule has 7 N–H and O–H groups in total. The lowest BCUT2D eigenvalue weighted by Crippen LogP contribution is -2.29. The standard InChI is InChI=1S/C6H14N2O2.C4H4N2O2/c7-4-2-1-3-5(8)6(9)10;7-3-1-2-5-4(8)6-3/h5H,1-4,7-8H2,(H,9,10);1-2H,(H2,5,6,7,8). The Morgan fingerprint density at radius 1 is 1.39 bits per heavy atom. The first-order chi connectivity index (χ1) is 8.47. The number of H-pyrrole nitrogens is 2. The SMILES string of the molecule is NCCCCC(N)C(=O)O.O=c1cc[nH]c(=O)[nH]1. The lowest BCUT2D eigenvalue weighted by atomic mass is 10.1. The number of aliphatic carboxylic acids is 1. The van der Waals surface area contributed by atoms with Crippen LogP contribution in [-0.2, 0) is 4.79 Å². The summed E-state index contributed by atoms with van der Waals surface area (Å²) in [6.45, 7) is 0.604. The Kier molecular flexibility index (Phi) is 8.16. The van der Waals surface area contributed by atoms with Crippen LogP contribution in [0.2, 0.25) is 0 Å². The maximum Gasteiger partial charge on any atom is 0.325 e. The van der Waals surface area contributed by atoms with E-state index in [0.717, 1.165) is 12.8 Å². The maximum absolute atomic E-state index is 10.2. The minimum atomic E-state index is -0.933. The monoisotopic (exact) mass is 258 g/mol. The van der Waals surface area contributed by atoms with Gasteiger partial charge in [0.2, 0.25) is 0 Å². The molecule has 0 bridgehead atoms. The summed E-state index contributed by atoms with van der Waals surface area (Å²) >= 11 is 0. The number of nitrogens with one attached hydrogen (secondary N) is 2. The van der Waals surface area contributed by atoms with Crippen LogP contribution in [0.4, 0.5) is 0 Å². The second-order valence-electron chi connectivity index (χ2n) is 3.53. The minimum Gasteiger partial charge on any atom is -0.480 e. The molecule has 8 nitrogen and oxygen atoms in total. The van der Waals surface area contributed by atoms with Crippen molar-refractivity contribution in [2.45, 2.75) is 25.3 Å². The largest absolute Gasteiger partial charge is 0.480 e. The van der Waals surface area contributed by atoms with Crippen molar-refractivity contribution in [3.05, 3.63) is 33.1 Å². The molecule has 0 saturated carbocycles. The third kappa shape index (κ3) is 8.25. The van der Waals surface area contributed by atoms with Crippen molar-refractivity contribution in [1.82, 2.24) is 9.97 Å². The van der Waals surface area contributed by atoms with Crippen LogP contribution in [0.3, 0.4) is 0 Å². The predicted octanol–water partition coefficient (Wildman–Crippen LogP) is -1.41. The van der Waals surface area contributed by atoms with Crippen LogP contribution >= 0.6 is 0 Å². The molecule has 0 aliphatic heterocycles. The normalized spacial score (nSPS) is 11.2. The number of unbranched alkanes of at least 4 members (excludes halogenated alkanes) is 1. The van der Waals surface area contributed by atoms with Crippen LogP contribution < -0.4 is 22.7 Å². The van der Waals surface area contributed by atoms with Crippen LogP contribution in [0, 0.1) is 0 Å². The summed E-state index contributed by atoms with van der Waals surface area (Å²) in [4.78, 5) is 34.8. The summed E-state index contributed by atoms with van der Waals surface area (Å²) in [6.07, 6.45) is 3.46. The van der Waals surface area contributed by atoms with Crippen molar-refractivity contribution in [1.29, 1.82) is 0 Å². The molecule has 0 fully saturated rings. The molecule has 1 unspecified atom stereocenters. The fourth-order valence-electron chi connectivity index (χ4n) is 1.01. The van der Waals surface area contributed by atoms with Gasteiger partial charge in [-0.05, 0) is 19.4 Å². The maximum atomic E-state index is 10.2. The van der Waals surface area contributed by atoms with Gasteiger partial charge in [0.05, 0.1) is 0 Å². The number of rotatable bonds is 5. The summed E-state index contributed by atoms with van der Waals surface area (Å²) in [5.74, 6) is -0.933. The lowest BCUT2D eigenvalue weighted by molar-refractivity contribution is -0.138. The van der Waals surface area contributed by atoms with E-state index in [0.29, 0.717) is 13.0 Å². The molecule has 1 aromatic heterocycles. The molecule has 0 saturated heterocycles. The van der Waals surface area contributed by atoms with E-state index in [9.17, 15) is 14.4 Å². The van der Waals surface area contributed by atoms with Crippen molar-refractivity contribution >= 4 is 5.97 Å². The van der Waals surface area contributed by atoms with Crippen LogP contribution in [0.5, 0.6) is 0 Å². The Bertz CT molecular complexity index is 428. The topological polar surface area (TPSA) is 155 Å². The highest BCUT2D eigenvalue weighted by molar-refractivity contribution is 5.72. The van der Waals surface area contributed by atoms with Crippen molar-refractivity contribution in [2.24, 2.45) is 11.5 Å². The van der Waals surface area contributed by atoms with E-state index < -0.39 is 17.7 Å². The second kappa shape index (κ2) is 9.14. The Labute approximate surface area is 103 Å². The van der Waals surface area contributed by atoms with Gasteiger partial charge in [-0.2, -0.15) is 0 Å². The molecule has 8 heteroatoms. The number of hydrogen-bond acceptors (Lipinski definition) is 5. The first-order valence-corrected chi connectivity index (χ1v) is 5.44. The third-order valence-corrected chi connectivity index (χ3v) is 1.97. The number of carboxylic acid groups (broad SMARTS) is 1. The molecule has 102 valence electrons. The zero-order valence-electron chi connectivity index (χ0n) is 9.89. The van der Waals surface area contributed by atoms with Gasteiger partial charge in [0.15, 0.2) is 0 Å². The van der Waals surface area contributed by atoms with Crippen LogP contribution in [0.25, 0.3) is 0 Å². The average molecular weight is 258 g/mol. The zero-order chi connectivity index (χ0) is 14.0. The molecule has 0 spiro atoms. The first kappa shape index (κ1) is 16.1. The lowest BCUT2D eigenvalue weighted by Gasteiger charge is -2.03. The average Bonchev–Trinajstić information content (AvgIpc) is 2.29. The Hall–Kier alpha value is -1.93. The summed E-state index contributed by atoms with van der Waals surface area (Å²) in [5, 5.41) is 8.33. The third-order valence-electron chi connectivity index (χ3n) is 1.97. The van der Waals surface area contributed by atoms with E-state index in [1.165, 1.54) is 12.3 Å². The number of hydrogen-bond donors (Lipinski definition) is 5. The first-order valence-electron chi connectivity index (χ1n) is 5.44. The summed E-state index contributed by atoms with van der Waals surface area (Å²) in [6, 6.07) is 0.521. The molecular weight excluding hydrogens is 240 g/mol. The van der Waals surface area contributed by atoms with Gasteiger partial charge in [0, 0.05) is 12.3 Å². The molecule has 0 aliphatic rings. The van der Waals surface area contributed by atoms with Crippen LogP contribution in [0.15, 0.2) is 21.9 Å². The highest BCUT2D eigenvalue weighted by Gasteiger charge is 2.09. The molecule has 18 heavy (non-hydrogen) atoms. The molecule has 1 heterocycles. The second-order valence-corrected chi connectivity index (χ2v) is 3.53. The fourth-order valence-corrected chi connectivity index (χ4v) is 1.01. The van der Waals surface area contributed by atoms with Crippen molar-refractivity contribution in [3.8, 4) is 0 Å². The number of aromatic nitrogens is 2. The van der Waals surface area contributed by atoms with E-state index in [2.05, 4.69) is 4.98 Å². The zero-order valence-corrected chi connectivity index (χ0v) is 9.89. The van der Waals surface area contributed by atoms with E-state index in [1.54, 1.807) is 0 Å². The highest BCUT2D eigenvalue weighted by atomic mass is 16.4. The molecule has 0 amide bonds. The minimum absolute atomic E-state index is 0.381. The fraction of sp³-hybridized carbons (Fsp3) is 0.500. The van der Waals surface area contributed by atoms with Gasteiger partial charge in [-0.3, -0.25) is 14.6 Å². The number of nitrogens with two attached hydrogens (primary N) is 2. The Morgan fingerprint density at radius 3 is 2.44 bits per heavy atom. The Morgan fingerprint density at radius 2 is 2.06 bits per heavy atom. The van der Waals surface area contributed by atoms with Crippen molar-refractivity contribution in [3.63, 3.8) is 0 Å². The van der Waals surface area contributed by atoms with Gasteiger partial charge in [-0.15, -0.1) is 0 Å². The van der Waals surface area contributed by atoms with Crippen molar-refractivity contribution < 1.29 is 9.90 Å². The summed E-state index contributed by atoms with van der Waals surface area (Å²) < 4.78 is 0. The number of aromatic amines is 2. The molecular formula is C10H18N4O4. The van der Waals surface area contributed by atoms with E-state index >= 15 is 0 Å². The van der Waals surface area contributed by atoms with Crippen LogP contribution in [-0.4, -0.2) is 33.6 Å². The van der Waals surface area contributed by atoms with E-state index in [1.807, 2.05) is 4.98 Å². The van der Waals surface area contributed by atoms with Gasteiger partial charge >= 0.3 is 11.7 Å². The number of carboxylic acids is 1. The van der Waals surface area contributed by atoms with Crippen molar-refractivity contribution in [2.75, 3.05) is 6.54 Å². The highest BCUT2D eigenvalue weighted by Crippen LogP contribution is 1.96. The quantitative estimate of drug-likeness (QED) is 0.408. The van der Waals surface area contributed by atoms with E-state index in [-0.39, 0.29) is 5.56 Å². The van der Waals surface area contributed by atoms with Gasteiger partial charge in [-0.1, -0.05) is 6.42 Å². The Balaban J connectivity index is 0.000000327. The molecule has 1 rings (SSSR count). The van der Waals surface area contributed by atoms with Gasteiger partial charge in [0.25, 0.3) is 5.56 Å². The summed E-state index contributed by atoms with van der Waals surface area (Å²) in [7, 11) is 0. The molecule has 0 radical (unpaired) electrons. The predicted molar refractivity (Wildman–Crippen MR) is 66.2 cm³/mol. The van der Waals surface area contributed by atoms with Gasteiger partial charge in [-0.25, -0.2) is 4.79 Å². The van der Waals surface area contributed by atoms with Gasteiger partial charge < -0.3 is 21.6 Å². The summed E-state index contributed by atoms with van der Waals surface area (Å²) in [5.41, 5.74) is 9.56. The number of carbonyl (C=O) groups is 1.